The number of ether oxygens (including phenoxy) is 1. The maximum absolute atomic E-state index is 12.4. The van der Waals surface area contributed by atoms with Crippen LogP contribution in [0.15, 0.2) is 49.6 Å². The van der Waals surface area contributed by atoms with Crippen LogP contribution < -0.4 is 16.6 Å². The second-order valence-electron chi connectivity index (χ2n) is 5.34. The van der Waals surface area contributed by atoms with Crippen molar-refractivity contribution in [1.29, 1.82) is 0 Å². The Labute approximate surface area is 144 Å². The molecule has 8 heteroatoms. The number of halogens is 1. The average molecular weight is 392 g/mol. The van der Waals surface area contributed by atoms with Gasteiger partial charge in [0.1, 0.15) is 5.82 Å². The molecule has 1 atom stereocenters. The molecule has 0 bridgehead atoms. The average Bonchev–Trinajstić information content (AvgIpc) is 2.52. The highest BCUT2D eigenvalue weighted by atomic mass is 79.9. The minimum atomic E-state index is -0.660. The lowest BCUT2D eigenvalue weighted by Crippen LogP contribution is -2.34. The van der Waals surface area contributed by atoms with Crippen LogP contribution in [-0.2, 0) is 9.53 Å². The first-order valence-corrected chi connectivity index (χ1v) is 7.89. The zero-order valence-electron chi connectivity index (χ0n) is 12.9. The standard InChI is InChI=1S/C16H14BrN3O4/c1-7-10(15(22)24-2)11(8-4-3-5-9(17)6-8)12-13(18-7)19-16(23)20-14(12)21/h3-6,11H,1-2H3,(H3,18,19,20,21,23). The number of anilines is 1. The number of nitrogens with one attached hydrogen (secondary N) is 3. The van der Waals surface area contributed by atoms with Gasteiger partial charge in [-0.15, -0.1) is 0 Å². The molecule has 2 heterocycles. The number of hydrogen-bond acceptors (Lipinski definition) is 5. The number of rotatable bonds is 2. The monoisotopic (exact) mass is 391 g/mol. The zero-order valence-corrected chi connectivity index (χ0v) is 14.5. The van der Waals surface area contributed by atoms with Crippen LogP contribution in [0.3, 0.4) is 0 Å². The second-order valence-corrected chi connectivity index (χ2v) is 6.26. The Balaban J connectivity index is 2.34. The number of carbonyl (C=O) groups excluding carboxylic acids is 1. The van der Waals surface area contributed by atoms with Gasteiger partial charge in [0.15, 0.2) is 0 Å². The van der Waals surface area contributed by atoms with Gasteiger partial charge in [-0.2, -0.15) is 0 Å². The number of aromatic nitrogens is 2. The van der Waals surface area contributed by atoms with E-state index in [2.05, 4.69) is 31.2 Å². The third-order valence-corrected chi connectivity index (χ3v) is 4.35. The number of benzene rings is 1. The molecule has 0 fully saturated rings. The first kappa shape index (κ1) is 16.3. The van der Waals surface area contributed by atoms with Crippen molar-refractivity contribution in [3.8, 4) is 0 Å². The summed E-state index contributed by atoms with van der Waals surface area (Å²) >= 11 is 3.40. The molecule has 0 radical (unpaired) electrons. The fourth-order valence-electron chi connectivity index (χ4n) is 2.89. The van der Waals surface area contributed by atoms with Gasteiger partial charge in [-0.1, -0.05) is 28.1 Å². The number of allylic oxidation sites excluding steroid dienone is 1. The first-order valence-electron chi connectivity index (χ1n) is 7.10. The Morgan fingerprint density at radius 1 is 1.25 bits per heavy atom. The summed E-state index contributed by atoms with van der Waals surface area (Å²) in [5, 5.41) is 2.91. The Hall–Kier alpha value is -2.61. The quantitative estimate of drug-likeness (QED) is 0.677. The van der Waals surface area contributed by atoms with Crippen molar-refractivity contribution in [2.24, 2.45) is 0 Å². The predicted octanol–water partition coefficient (Wildman–Crippen LogP) is 1.83. The molecule has 0 aliphatic carbocycles. The number of carbonyl (C=O) groups is 1. The zero-order chi connectivity index (χ0) is 17.4. The Bertz CT molecular complexity index is 974. The van der Waals surface area contributed by atoms with E-state index in [-0.39, 0.29) is 11.4 Å². The molecule has 3 rings (SSSR count). The third-order valence-electron chi connectivity index (χ3n) is 3.86. The van der Waals surface area contributed by atoms with Gasteiger partial charge in [-0.25, -0.2) is 9.59 Å². The van der Waals surface area contributed by atoms with Crippen molar-refractivity contribution >= 4 is 27.7 Å². The molecule has 0 saturated carbocycles. The smallest absolute Gasteiger partial charge is 0.336 e. The van der Waals surface area contributed by atoms with Crippen molar-refractivity contribution in [2.75, 3.05) is 12.4 Å². The minimum Gasteiger partial charge on any atom is -0.466 e. The topological polar surface area (TPSA) is 104 Å². The summed E-state index contributed by atoms with van der Waals surface area (Å²) in [5.74, 6) is -0.924. The molecule has 124 valence electrons. The van der Waals surface area contributed by atoms with E-state index >= 15 is 0 Å². The lowest BCUT2D eigenvalue weighted by atomic mass is 9.82. The van der Waals surface area contributed by atoms with E-state index in [0.29, 0.717) is 11.3 Å². The Kier molecular flexibility index (Phi) is 4.15. The van der Waals surface area contributed by atoms with Gasteiger partial charge in [-0.3, -0.25) is 14.8 Å². The fraction of sp³-hybridized carbons (Fsp3) is 0.188. The molecule has 1 aromatic heterocycles. The molecule has 0 spiro atoms. The van der Waals surface area contributed by atoms with Crippen LogP contribution in [0.4, 0.5) is 5.82 Å². The Morgan fingerprint density at radius 2 is 2.00 bits per heavy atom. The second kappa shape index (κ2) is 6.12. The molecule has 24 heavy (non-hydrogen) atoms. The molecule has 0 saturated heterocycles. The Morgan fingerprint density at radius 3 is 2.67 bits per heavy atom. The molecule has 1 unspecified atom stereocenters. The maximum Gasteiger partial charge on any atom is 0.336 e. The molecule has 1 aromatic carbocycles. The summed E-state index contributed by atoms with van der Waals surface area (Å²) in [6, 6.07) is 7.29. The summed E-state index contributed by atoms with van der Waals surface area (Å²) in [7, 11) is 1.28. The van der Waals surface area contributed by atoms with Crippen LogP contribution in [0.2, 0.25) is 0 Å². The lowest BCUT2D eigenvalue weighted by molar-refractivity contribution is -0.136. The van der Waals surface area contributed by atoms with Crippen LogP contribution in [0.5, 0.6) is 0 Å². The van der Waals surface area contributed by atoms with E-state index < -0.39 is 23.1 Å². The molecule has 0 amide bonds. The maximum atomic E-state index is 12.4. The van der Waals surface area contributed by atoms with Crippen LogP contribution >= 0.6 is 15.9 Å². The van der Waals surface area contributed by atoms with Gasteiger partial charge < -0.3 is 10.1 Å². The molecule has 3 N–H and O–H groups in total. The molecule has 1 aliphatic rings. The summed E-state index contributed by atoms with van der Waals surface area (Å²) in [5.41, 5.74) is 0.651. The highest BCUT2D eigenvalue weighted by Gasteiger charge is 2.35. The molecular formula is C16H14BrN3O4. The summed E-state index contributed by atoms with van der Waals surface area (Å²) in [6.45, 7) is 1.69. The molecule has 1 aliphatic heterocycles. The van der Waals surface area contributed by atoms with Gasteiger partial charge in [0.2, 0.25) is 0 Å². The summed E-state index contributed by atoms with van der Waals surface area (Å²) in [4.78, 5) is 41.1. The highest BCUT2D eigenvalue weighted by Crippen LogP contribution is 2.39. The van der Waals surface area contributed by atoms with Crippen LogP contribution in [-0.4, -0.2) is 23.0 Å². The van der Waals surface area contributed by atoms with Crippen molar-refractivity contribution < 1.29 is 9.53 Å². The number of fused-ring (bicyclic) bond motifs is 1. The van der Waals surface area contributed by atoms with Gasteiger partial charge >= 0.3 is 11.7 Å². The van der Waals surface area contributed by atoms with Gasteiger partial charge in [-0.05, 0) is 24.6 Å². The number of H-pyrrole nitrogens is 2. The van der Waals surface area contributed by atoms with Crippen molar-refractivity contribution in [1.82, 2.24) is 9.97 Å². The van der Waals surface area contributed by atoms with Gasteiger partial charge in [0, 0.05) is 10.2 Å². The number of esters is 1. The van der Waals surface area contributed by atoms with E-state index in [1.54, 1.807) is 6.92 Å². The fourth-order valence-corrected chi connectivity index (χ4v) is 3.30. The third kappa shape index (κ3) is 2.69. The molecule has 7 nitrogen and oxygen atoms in total. The summed E-state index contributed by atoms with van der Waals surface area (Å²) < 4.78 is 5.70. The number of methoxy groups -OCH3 is 1. The van der Waals surface area contributed by atoms with E-state index in [4.69, 9.17) is 4.74 Å². The van der Waals surface area contributed by atoms with E-state index in [1.165, 1.54) is 7.11 Å². The molecule has 2 aromatic rings. The van der Waals surface area contributed by atoms with Crippen LogP contribution in [0.25, 0.3) is 0 Å². The van der Waals surface area contributed by atoms with Crippen molar-refractivity contribution in [3.05, 3.63) is 72.0 Å². The van der Waals surface area contributed by atoms with E-state index in [1.807, 2.05) is 24.3 Å². The van der Waals surface area contributed by atoms with E-state index in [0.717, 1.165) is 10.0 Å². The van der Waals surface area contributed by atoms with Gasteiger partial charge in [0.25, 0.3) is 5.56 Å². The van der Waals surface area contributed by atoms with Crippen molar-refractivity contribution in [2.45, 2.75) is 12.8 Å². The van der Waals surface area contributed by atoms with Gasteiger partial charge in [0.05, 0.1) is 24.2 Å². The normalized spacial score (nSPS) is 16.4. The minimum absolute atomic E-state index is 0.263. The lowest BCUT2D eigenvalue weighted by Gasteiger charge is -2.28. The predicted molar refractivity (Wildman–Crippen MR) is 92.0 cm³/mol. The first-order chi connectivity index (χ1) is 11.4. The van der Waals surface area contributed by atoms with Crippen molar-refractivity contribution in [3.63, 3.8) is 0 Å². The molecular weight excluding hydrogens is 378 g/mol. The SMILES string of the molecule is COC(=O)C1=C(C)Nc2[nH]c(=O)[nH]c(=O)c2C1c1cccc(Br)c1. The largest absolute Gasteiger partial charge is 0.466 e. The summed E-state index contributed by atoms with van der Waals surface area (Å²) in [6.07, 6.45) is 0. The highest BCUT2D eigenvalue weighted by molar-refractivity contribution is 9.10. The van der Waals surface area contributed by atoms with Crippen LogP contribution in [0.1, 0.15) is 24.0 Å². The number of hydrogen-bond donors (Lipinski definition) is 3. The number of aromatic amines is 2. The van der Waals surface area contributed by atoms with E-state index in [9.17, 15) is 14.4 Å². The van der Waals surface area contributed by atoms with Crippen LogP contribution in [0, 0.1) is 0 Å².